The molecule has 0 saturated heterocycles. The van der Waals surface area contributed by atoms with Crippen LogP contribution in [0, 0.1) is 5.82 Å². The summed E-state index contributed by atoms with van der Waals surface area (Å²) in [5.74, 6) is 0.463. The van der Waals surface area contributed by atoms with E-state index in [1.165, 1.54) is 12.1 Å². The van der Waals surface area contributed by atoms with E-state index in [1.54, 1.807) is 16.8 Å². The third kappa shape index (κ3) is 3.63. The van der Waals surface area contributed by atoms with Crippen LogP contribution in [0.5, 0.6) is 0 Å². The summed E-state index contributed by atoms with van der Waals surface area (Å²) in [7, 11) is 1.85. The maximum Gasteiger partial charge on any atom is 0.228 e. The van der Waals surface area contributed by atoms with E-state index < -0.39 is 5.60 Å². The highest BCUT2D eigenvalue weighted by molar-refractivity contribution is 5.92. The molecule has 0 aliphatic heterocycles. The molecule has 1 amide bonds. The van der Waals surface area contributed by atoms with E-state index in [9.17, 15) is 14.3 Å². The van der Waals surface area contributed by atoms with Crippen molar-refractivity contribution in [2.45, 2.75) is 62.9 Å². The van der Waals surface area contributed by atoms with Gasteiger partial charge in [0.2, 0.25) is 5.91 Å². The molecule has 4 rings (SSSR count). The molecular weight excluding hydrogens is 345 g/mol. The number of aromatic nitrogens is 2. The third-order valence-corrected chi connectivity index (χ3v) is 6.00. The van der Waals surface area contributed by atoms with Crippen molar-refractivity contribution in [2.75, 3.05) is 5.32 Å². The van der Waals surface area contributed by atoms with Gasteiger partial charge in [0.15, 0.2) is 5.82 Å². The normalized spacial score (nSPS) is 19.1. The fourth-order valence-corrected chi connectivity index (χ4v) is 4.35. The van der Waals surface area contributed by atoms with Gasteiger partial charge in [-0.3, -0.25) is 9.48 Å². The number of hydrogen-bond donors (Lipinski definition) is 2. The Morgan fingerprint density at radius 1 is 1.26 bits per heavy atom. The lowest BCUT2D eigenvalue weighted by atomic mass is 9.79. The molecule has 0 unspecified atom stereocenters. The van der Waals surface area contributed by atoms with Gasteiger partial charge in [-0.2, -0.15) is 5.10 Å². The number of nitrogens with one attached hydrogen (secondary N) is 1. The Morgan fingerprint density at radius 2 is 1.93 bits per heavy atom. The van der Waals surface area contributed by atoms with Gasteiger partial charge in [-0.15, -0.1) is 0 Å². The van der Waals surface area contributed by atoms with E-state index in [0.29, 0.717) is 24.6 Å². The van der Waals surface area contributed by atoms with Crippen molar-refractivity contribution in [1.82, 2.24) is 9.78 Å². The molecule has 2 aliphatic carbocycles. The molecule has 2 aromatic rings. The molecule has 1 aromatic heterocycles. The molecule has 1 heterocycles. The Morgan fingerprint density at radius 3 is 2.52 bits per heavy atom. The van der Waals surface area contributed by atoms with Gasteiger partial charge >= 0.3 is 0 Å². The smallest absolute Gasteiger partial charge is 0.228 e. The van der Waals surface area contributed by atoms with Gasteiger partial charge in [-0.1, -0.05) is 19.3 Å². The van der Waals surface area contributed by atoms with E-state index in [1.807, 2.05) is 7.05 Å². The molecule has 2 aliphatic rings. The highest BCUT2D eigenvalue weighted by Crippen LogP contribution is 2.45. The molecular formula is C21H26FN3O2. The van der Waals surface area contributed by atoms with Crippen molar-refractivity contribution in [3.8, 4) is 11.3 Å². The summed E-state index contributed by atoms with van der Waals surface area (Å²) >= 11 is 0. The van der Waals surface area contributed by atoms with Crippen LogP contribution in [-0.2, 0) is 11.8 Å². The lowest BCUT2D eigenvalue weighted by Crippen LogP contribution is -2.31. The van der Waals surface area contributed by atoms with Crippen molar-refractivity contribution in [3.63, 3.8) is 0 Å². The lowest BCUT2D eigenvalue weighted by Gasteiger charge is -2.27. The first-order valence-corrected chi connectivity index (χ1v) is 9.80. The summed E-state index contributed by atoms with van der Waals surface area (Å²) in [4.78, 5) is 12.6. The van der Waals surface area contributed by atoms with E-state index in [4.69, 9.17) is 0 Å². The summed E-state index contributed by atoms with van der Waals surface area (Å²) in [5.41, 5.74) is 1.97. The van der Waals surface area contributed by atoms with Crippen LogP contribution in [0.25, 0.3) is 11.3 Å². The van der Waals surface area contributed by atoms with Crippen molar-refractivity contribution in [3.05, 3.63) is 35.6 Å². The molecule has 27 heavy (non-hydrogen) atoms. The van der Waals surface area contributed by atoms with Gasteiger partial charge in [0.1, 0.15) is 5.82 Å². The third-order valence-electron chi connectivity index (χ3n) is 6.00. The fourth-order valence-electron chi connectivity index (χ4n) is 4.35. The average Bonchev–Trinajstić information content (AvgIpc) is 3.11. The minimum Gasteiger partial charge on any atom is -0.389 e. The van der Waals surface area contributed by atoms with Gasteiger partial charge in [0.25, 0.3) is 0 Å². The first-order chi connectivity index (χ1) is 13.0. The summed E-state index contributed by atoms with van der Waals surface area (Å²) in [6.07, 6.45) is 6.69. The standard InChI is InChI=1S/C21H26FN3O2/c1-25-19(15-7-9-16(22)10-8-15)18(14-5-4-6-14)20(24-25)23-17(26)13-21(27)11-2-3-12-21/h7-10,14,27H,2-6,11-13H2,1H3,(H,23,24,26). The highest BCUT2D eigenvalue weighted by atomic mass is 19.1. The second-order valence-corrected chi connectivity index (χ2v) is 8.03. The zero-order valence-corrected chi connectivity index (χ0v) is 15.7. The number of aliphatic hydroxyl groups is 1. The van der Waals surface area contributed by atoms with Crippen LogP contribution >= 0.6 is 0 Å². The molecule has 0 radical (unpaired) electrons. The van der Waals surface area contributed by atoms with E-state index in [0.717, 1.165) is 48.9 Å². The van der Waals surface area contributed by atoms with Gasteiger partial charge in [-0.05, 0) is 55.9 Å². The average molecular weight is 371 g/mol. The van der Waals surface area contributed by atoms with Gasteiger partial charge in [0.05, 0.1) is 17.7 Å². The molecule has 5 nitrogen and oxygen atoms in total. The summed E-state index contributed by atoms with van der Waals surface area (Å²) in [5, 5.41) is 18.0. The van der Waals surface area contributed by atoms with Crippen molar-refractivity contribution in [2.24, 2.45) is 7.05 Å². The zero-order valence-electron chi connectivity index (χ0n) is 15.7. The number of nitrogens with zero attached hydrogens (tertiary/aromatic N) is 2. The van der Waals surface area contributed by atoms with Crippen LogP contribution in [0.2, 0.25) is 0 Å². The zero-order chi connectivity index (χ0) is 19.0. The largest absolute Gasteiger partial charge is 0.389 e. The lowest BCUT2D eigenvalue weighted by molar-refractivity contribution is -0.120. The number of carbonyl (C=O) groups is 1. The van der Waals surface area contributed by atoms with E-state index in [-0.39, 0.29) is 18.1 Å². The first-order valence-electron chi connectivity index (χ1n) is 9.80. The highest BCUT2D eigenvalue weighted by Gasteiger charge is 2.35. The molecule has 144 valence electrons. The van der Waals surface area contributed by atoms with Crippen molar-refractivity contribution >= 4 is 11.7 Å². The van der Waals surface area contributed by atoms with Crippen LogP contribution in [-0.4, -0.2) is 26.4 Å². The number of benzene rings is 1. The molecule has 2 fully saturated rings. The second-order valence-electron chi connectivity index (χ2n) is 8.03. The quantitative estimate of drug-likeness (QED) is 0.830. The van der Waals surface area contributed by atoms with Gasteiger partial charge in [-0.25, -0.2) is 4.39 Å². The van der Waals surface area contributed by atoms with Crippen LogP contribution in [0.15, 0.2) is 24.3 Å². The number of aryl methyl sites for hydroxylation is 1. The number of carbonyl (C=O) groups excluding carboxylic acids is 1. The molecule has 0 bridgehead atoms. The van der Waals surface area contributed by atoms with Crippen molar-refractivity contribution < 1.29 is 14.3 Å². The van der Waals surface area contributed by atoms with Crippen LogP contribution < -0.4 is 5.32 Å². The van der Waals surface area contributed by atoms with E-state index in [2.05, 4.69) is 10.4 Å². The predicted octanol–water partition coefficient (Wildman–Crippen LogP) is 4.13. The van der Waals surface area contributed by atoms with Crippen molar-refractivity contribution in [1.29, 1.82) is 0 Å². The number of rotatable bonds is 5. The minimum atomic E-state index is -0.880. The molecule has 0 atom stereocenters. The Kier molecular flexibility index (Phi) is 4.76. The molecule has 6 heteroatoms. The van der Waals surface area contributed by atoms with Crippen LogP contribution in [0.1, 0.15) is 62.8 Å². The van der Waals surface area contributed by atoms with Crippen LogP contribution in [0.4, 0.5) is 10.2 Å². The number of anilines is 1. The Hall–Kier alpha value is -2.21. The number of halogens is 1. The predicted molar refractivity (Wildman–Crippen MR) is 102 cm³/mol. The fraction of sp³-hybridized carbons (Fsp3) is 0.524. The summed E-state index contributed by atoms with van der Waals surface area (Å²) < 4.78 is 15.1. The molecule has 2 N–H and O–H groups in total. The number of amides is 1. The maximum atomic E-state index is 13.3. The minimum absolute atomic E-state index is 0.111. The Balaban J connectivity index is 1.63. The van der Waals surface area contributed by atoms with E-state index >= 15 is 0 Å². The SMILES string of the molecule is Cn1nc(NC(=O)CC2(O)CCCC2)c(C2CCC2)c1-c1ccc(F)cc1. The van der Waals surface area contributed by atoms with Crippen LogP contribution in [0.3, 0.4) is 0 Å². The Bertz CT molecular complexity index is 834. The summed E-state index contributed by atoms with van der Waals surface area (Å²) in [6, 6.07) is 6.39. The van der Waals surface area contributed by atoms with Gasteiger partial charge < -0.3 is 10.4 Å². The molecule has 0 spiro atoms. The Labute approximate surface area is 158 Å². The van der Waals surface area contributed by atoms with Gasteiger partial charge in [0, 0.05) is 18.2 Å². The molecule has 2 saturated carbocycles. The number of hydrogen-bond acceptors (Lipinski definition) is 3. The summed E-state index contributed by atoms with van der Waals surface area (Å²) in [6.45, 7) is 0. The first kappa shape index (κ1) is 18.2. The molecule has 1 aromatic carbocycles. The topological polar surface area (TPSA) is 67.2 Å². The second kappa shape index (κ2) is 7.08. The monoisotopic (exact) mass is 371 g/mol. The maximum absolute atomic E-state index is 13.3.